The van der Waals surface area contributed by atoms with Gasteiger partial charge in [0.2, 0.25) is 5.91 Å². The Kier molecular flexibility index (Phi) is 5.77. The predicted octanol–water partition coefficient (Wildman–Crippen LogP) is 1.43. The highest BCUT2D eigenvalue weighted by molar-refractivity contribution is 5.93. The Morgan fingerprint density at radius 2 is 2.20 bits per heavy atom. The normalized spacial score (nSPS) is 21.4. The van der Waals surface area contributed by atoms with Crippen LogP contribution < -0.4 is 16.6 Å². The molecule has 0 bridgehead atoms. The molecule has 1 aromatic rings. The lowest BCUT2D eigenvalue weighted by atomic mass is 9.95. The molecule has 20 heavy (non-hydrogen) atoms. The van der Waals surface area contributed by atoms with E-state index < -0.39 is 0 Å². The van der Waals surface area contributed by atoms with E-state index in [4.69, 9.17) is 5.73 Å². The molecule has 0 unspecified atom stereocenters. The molecular formula is C14H22ClN3O2. The molecule has 1 aromatic heterocycles. The second kappa shape index (κ2) is 6.90. The van der Waals surface area contributed by atoms with Gasteiger partial charge in [0.1, 0.15) is 0 Å². The Balaban J connectivity index is 0.00000200. The minimum absolute atomic E-state index is 0. The van der Waals surface area contributed by atoms with Gasteiger partial charge in [-0.05, 0) is 37.8 Å². The third kappa shape index (κ3) is 3.41. The number of carbonyl (C=O) groups excluding carboxylic acids is 1. The number of nitrogens with zero attached hydrogens (tertiary/aromatic N) is 1. The lowest BCUT2D eigenvalue weighted by Gasteiger charge is -2.18. The second-order valence-electron chi connectivity index (χ2n) is 5.34. The molecule has 3 N–H and O–H groups in total. The van der Waals surface area contributed by atoms with Crippen LogP contribution in [-0.2, 0) is 11.8 Å². The number of pyridine rings is 1. The first kappa shape index (κ1) is 16.7. The Labute approximate surface area is 125 Å². The smallest absolute Gasteiger partial charge is 0.250 e. The van der Waals surface area contributed by atoms with Gasteiger partial charge in [0.25, 0.3) is 5.56 Å². The SMILES string of the molecule is Cc1cc(=O)n(C)cc1NC(=O)[C@@H]1CCC[C@@H]1CN.Cl. The first-order valence-corrected chi connectivity index (χ1v) is 6.71. The van der Waals surface area contributed by atoms with Crippen molar-refractivity contribution in [2.75, 3.05) is 11.9 Å². The van der Waals surface area contributed by atoms with Crippen LogP contribution in [0.1, 0.15) is 24.8 Å². The lowest BCUT2D eigenvalue weighted by Crippen LogP contribution is -2.30. The monoisotopic (exact) mass is 299 g/mol. The van der Waals surface area contributed by atoms with Gasteiger partial charge in [-0.15, -0.1) is 12.4 Å². The zero-order valence-electron chi connectivity index (χ0n) is 11.9. The van der Waals surface area contributed by atoms with E-state index in [0.717, 1.165) is 24.8 Å². The molecule has 5 nitrogen and oxygen atoms in total. The third-order valence-corrected chi connectivity index (χ3v) is 3.99. The minimum Gasteiger partial charge on any atom is -0.330 e. The van der Waals surface area contributed by atoms with Crippen molar-refractivity contribution in [1.82, 2.24) is 4.57 Å². The standard InChI is InChI=1S/C14H21N3O2.ClH/c1-9-6-13(18)17(2)8-12(9)16-14(19)11-5-3-4-10(11)7-15;/h6,8,10-11H,3-5,7,15H2,1-2H3,(H,16,19);1H/t10-,11-;/m1./s1. The second-order valence-corrected chi connectivity index (χ2v) is 5.34. The van der Waals surface area contributed by atoms with Gasteiger partial charge in [0, 0.05) is 25.2 Å². The Hall–Kier alpha value is -1.33. The van der Waals surface area contributed by atoms with E-state index in [1.165, 1.54) is 10.6 Å². The molecule has 0 saturated heterocycles. The van der Waals surface area contributed by atoms with Gasteiger partial charge in [0.05, 0.1) is 5.69 Å². The summed E-state index contributed by atoms with van der Waals surface area (Å²) in [7, 11) is 1.68. The van der Waals surface area contributed by atoms with Crippen LogP contribution in [0.4, 0.5) is 5.69 Å². The van der Waals surface area contributed by atoms with Crippen LogP contribution in [0.5, 0.6) is 0 Å². The zero-order valence-corrected chi connectivity index (χ0v) is 12.7. The highest BCUT2D eigenvalue weighted by Crippen LogP contribution is 2.32. The highest BCUT2D eigenvalue weighted by atomic mass is 35.5. The van der Waals surface area contributed by atoms with Crippen LogP contribution in [0.2, 0.25) is 0 Å². The fourth-order valence-electron chi connectivity index (χ4n) is 2.74. The topological polar surface area (TPSA) is 77.1 Å². The summed E-state index contributed by atoms with van der Waals surface area (Å²) in [5.41, 5.74) is 7.12. The summed E-state index contributed by atoms with van der Waals surface area (Å²) in [6.45, 7) is 2.39. The Bertz CT molecular complexity index is 542. The summed E-state index contributed by atoms with van der Waals surface area (Å²) in [4.78, 5) is 23.7. The first-order valence-electron chi connectivity index (χ1n) is 6.71. The van der Waals surface area contributed by atoms with Crippen molar-refractivity contribution in [3.8, 4) is 0 Å². The van der Waals surface area contributed by atoms with Crippen molar-refractivity contribution < 1.29 is 4.79 Å². The van der Waals surface area contributed by atoms with Crippen molar-refractivity contribution in [2.24, 2.45) is 24.6 Å². The first-order chi connectivity index (χ1) is 9.02. The number of carbonyl (C=O) groups is 1. The lowest BCUT2D eigenvalue weighted by molar-refractivity contribution is -0.120. The van der Waals surface area contributed by atoms with Gasteiger partial charge in [-0.2, -0.15) is 0 Å². The summed E-state index contributed by atoms with van der Waals surface area (Å²) in [5, 5.41) is 2.93. The molecule has 1 saturated carbocycles. The summed E-state index contributed by atoms with van der Waals surface area (Å²) in [6, 6.07) is 1.53. The van der Waals surface area contributed by atoms with Crippen molar-refractivity contribution in [1.29, 1.82) is 0 Å². The summed E-state index contributed by atoms with van der Waals surface area (Å²) in [6.07, 6.45) is 4.66. The number of rotatable bonds is 3. The number of halogens is 1. The van der Waals surface area contributed by atoms with Crippen LogP contribution >= 0.6 is 12.4 Å². The van der Waals surface area contributed by atoms with Gasteiger partial charge in [-0.25, -0.2) is 0 Å². The molecular weight excluding hydrogens is 278 g/mol. The van der Waals surface area contributed by atoms with Gasteiger partial charge in [-0.1, -0.05) is 6.42 Å². The number of hydrogen-bond donors (Lipinski definition) is 2. The molecule has 1 heterocycles. The molecule has 1 fully saturated rings. The van der Waals surface area contributed by atoms with Crippen LogP contribution in [0.3, 0.4) is 0 Å². The molecule has 0 radical (unpaired) electrons. The molecule has 0 spiro atoms. The van der Waals surface area contributed by atoms with E-state index in [1.807, 2.05) is 6.92 Å². The molecule has 112 valence electrons. The Morgan fingerprint density at radius 1 is 1.50 bits per heavy atom. The van der Waals surface area contributed by atoms with Gasteiger partial charge in [0.15, 0.2) is 0 Å². The maximum absolute atomic E-state index is 12.3. The Morgan fingerprint density at radius 3 is 2.85 bits per heavy atom. The molecule has 6 heteroatoms. The third-order valence-electron chi connectivity index (χ3n) is 3.99. The molecule has 1 aliphatic carbocycles. The number of amides is 1. The van der Waals surface area contributed by atoms with E-state index in [2.05, 4.69) is 5.32 Å². The van der Waals surface area contributed by atoms with Crippen molar-refractivity contribution in [2.45, 2.75) is 26.2 Å². The van der Waals surface area contributed by atoms with E-state index in [-0.39, 0.29) is 35.7 Å². The fourth-order valence-corrected chi connectivity index (χ4v) is 2.74. The average molecular weight is 300 g/mol. The maximum atomic E-state index is 12.3. The van der Waals surface area contributed by atoms with Gasteiger partial charge < -0.3 is 15.6 Å². The van der Waals surface area contributed by atoms with Gasteiger partial charge >= 0.3 is 0 Å². The summed E-state index contributed by atoms with van der Waals surface area (Å²) >= 11 is 0. The van der Waals surface area contributed by atoms with E-state index in [1.54, 1.807) is 13.2 Å². The summed E-state index contributed by atoms with van der Waals surface area (Å²) in [5.74, 6) is 0.309. The van der Waals surface area contributed by atoms with E-state index in [0.29, 0.717) is 12.2 Å². The predicted molar refractivity (Wildman–Crippen MR) is 82.2 cm³/mol. The number of aryl methyl sites for hydroxylation is 2. The van der Waals surface area contributed by atoms with Crippen molar-refractivity contribution in [3.05, 3.63) is 28.2 Å². The van der Waals surface area contributed by atoms with Crippen LogP contribution in [0.25, 0.3) is 0 Å². The number of hydrogen-bond acceptors (Lipinski definition) is 3. The molecule has 2 atom stereocenters. The number of aromatic nitrogens is 1. The van der Waals surface area contributed by atoms with Crippen LogP contribution in [0.15, 0.2) is 17.1 Å². The van der Waals surface area contributed by atoms with E-state index >= 15 is 0 Å². The average Bonchev–Trinajstić information content (AvgIpc) is 2.84. The minimum atomic E-state index is -0.0730. The number of anilines is 1. The van der Waals surface area contributed by atoms with Crippen LogP contribution in [0, 0.1) is 18.8 Å². The quantitative estimate of drug-likeness (QED) is 0.886. The largest absolute Gasteiger partial charge is 0.330 e. The van der Waals surface area contributed by atoms with Crippen molar-refractivity contribution in [3.63, 3.8) is 0 Å². The molecule has 2 rings (SSSR count). The molecule has 0 aromatic carbocycles. The van der Waals surface area contributed by atoms with E-state index in [9.17, 15) is 9.59 Å². The number of nitrogens with two attached hydrogens (primary N) is 1. The fraction of sp³-hybridized carbons (Fsp3) is 0.571. The molecule has 1 amide bonds. The zero-order chi connectivity index (χ0) is 14.0. The van der Waals surface area contributed by atoms with Crippen LogP contribution in [-0.4, -0.2) is 17.0 Å². The van der Waals surface area contributed by atoms with Crippen molar-refractivity contribution >= 4 is 24.0 Å². The highest BCUT2D eigenvalue weighted by Gasteiger charge is 2.32. The molecule has 1 aliphatic rings. The maximum Gasteiger partial charge on any atom is 0.250 e. The number of nitrogens with one attached hydrogen (secondary N) is 1. The van der Waals surface area contributed by atoms with Gasteiger partial charge in [-0.3, -0.25) is 9.59 Å². The summed E-state index contributed by atoms with van der Waals surface area (Å²) < 4.78 is 1.47. The molecule has 0 aliphatic heterocycles.